The zero-order valence-electron chi connectivity index (χ0n) is 18.3. The Balaban J connectivity index is 1.90. The number of carboxylic acid groups (broad SMARTS) is 1. The monoisotopic (exact) mass is 434 g/mol. The molecule has 1 N–H and O–H groups in total. The van der Waals surface area contributed by atoms with E-state index in [9.17, 15) is 19.5 Å². The van der Waals surface area contributed by atoms with Crippen LogP contribution in [-0.2, 0) is 27.2 Å². The average molecular weight is 435 g/mol. The van der Waals surface area contributed by atoms with Crippen LogP contribution in [0.1, 0.15) is 80.6 Å². The molecule has 30 heavy (non-hydrogen) atoms. The first-order valence-electron chi connectivity index (χ1n) is 11.0. The largest absolute Gasteiger partial charge is 0.550 e. The van der Waals surface area contributed by atoms with Crippen molar-refractivity contribution in [3.05, 3.63) is 16.0 Å². The summed E-state index contributed by atoms with van der Waals surface area (Å²) in [7, 11) is 0. The lowest BCUT2D eigenvalue weighted by Crippen LogP contribution is -2.42. The number of thiophene rings is 1. The van der Waals surface area contributed by atoms with Gasteiger partial charge in [0.15, 0.2) is 0 Å². The number of ether oxygens (including phenoxy) is 1. The molecule has 1 amide bonds. The maximum Gasteiger partial charge on any atom is 0.341 e. The second-order valence-corrected chi connectivity index (χ2v) is 10.6. The summed E-state index contributed by atoms with van der Waals surface area (Å²) in [4.78, 5) is 38.4. The summed E-state index contributed by atoms with van der Waals surface area (Å²) < 4.78 is 5.29. The molecule has 6 nitrogen and oxygen atoms in total. The van der Waals surface area contributed by atoms with Crippen molar-refractivity contribution in [2.24, 2.45) is 23.2 Å². The number of hydrogen-bond acceptors (Lipinski definition) is 6. The van der Waals surface area contributed by atoms with Crippen molar-refractivity contribution in [3.63, 3.8) is 0 Å². The molecule has 0 bridgehead atoms. The van der Waals surface area contributed by atoms with Gasteiger partial charge in [0.1, 0.15) is 5.00 Å². The lowest BCUT2D eigenvalue weighted by Gasteiger charge is -2.33. The second kappa shape index (κ2) is 9.08. The minimum Gasteiger partial charge on any atom is -0.550 e. The van der Waals surface area contributed by atoms with Gasteiger partial charge in [-0.25, -0.2) is 4.79 Å². The molecule has 1 saturated carbocycles. The van der Waals surface area contributed by atoms with E-state index in [-0.39, 0.29) is 17.9 Å². The second-order valence-electron chi connectivity index (χ2n) is 9.54. The quantitative estimate of drug-likeness (QED) is 0.715. The minimum atomic E-state index is -1.17. The van der Waals surface area contributed by atoms with Gasteiger partial charge in [0.05, 0.1) is 12.2 Å². The zero-order valence-corrected chi connectivity index (χ0v) is 19.2. The van der Waals surface area contributed by atoms with Gasteiger partial charge >= 0.3 is 5.97 Å². The number of carbonyl (C=O) groups excluding carboxylic acids is 3. The van der Waals surface area contributed by atoms with E-state index >= 15 is 0 Å². The van der Waals surface area contributed by atoms with Crippen LogP contribution in [0.15, 0.2) is 0 Å². The summed E-state index contributed by atoms with van der Waals surface area (Å²) >= 11 is 1.44. The third-order valence-electron chi connectivity index (χ3n) is 6.61. The van der Waals surface area contributed by atoms with Crippen LogP contribution in [0.2, 0.25) is 0 Å². The minimum absolute atomic E-state index is 0.166. The van der Waals surface area contributed by atoms with Crippen LogP contribution in [0.25, 0.3) is 0 Å². The van der Waals surface area contributed by atoms with E-state index in [1.165, 1.54) is 11.3 Å². The molecule has 0 saturated heterocycles. The lowest BCUT2D eigenvalue weighted by atomic mass is 9.72. The molecular weight excluding hydrogens is 402 g/mol. The van der Waals surface area contributed by atoms with Gasteiger partial charge in [0.25, 0.3) is 0 Å². The molecule has 3 atom stereocenters. The number of aliphatic carboxylic acids is 1. The van der Waals surface area contributed by atoms with Gasteiger partial charge in [0, 0.05) is 22.7 Å². The van der Waals surface area contributed by atoms with E-state index in [0.29, 0.717) is 29.3 Å². The molecule has 0 radical (unpaired) electrons. The molecule has 2 aliphatic carbocycles. The van der Waals surface area contributed by atoms with Crippen LogP contribution in [-0.4, -0.2) is 24.5 Å². The van der Waals surface area contributed by atoms with E-state index in [1.54, 1.807) is 6.92 Å². The Labute approximate surface area is 182 Å². The highest BCUT2D eigenvalue weighted by Gasteiger charge is 2.36. The van der Waals surface area contributed by atoms with Crippen molar-refractivity contribution in [2.45, 2.75) is 72.6 Å². The number of rotatable bonds is 5. The fourth-order valence-electron chi connectivity index (χ4n) is 4.76. The number of nitrogens with one attached hydrogen (secondary N) is 1. The predicted octanol–water partition coefficient (Wildman–Crippen LogP) is 3.57. The number of carbonyl (C=O) groups is 3. The van der Waals surface area contributed by atoms with Gasteiger partial charge in [-0.3, -0.25) is 4.79 Å². The molecule has 0 unspecified atom stereocenters. The number of esters is 1. The smallest absolute Gasteiger partial charge is 0.341 e. The van der Waals surface area contributed by atoms with E-state index < -0.39 is 23.8 Å². The topological polar surface area (TPSA) is 95.5 Å². The zero-order chi connectivity index (χ0) is 22.1. The summed E-state index contributed by atoms with van der Waals surface area (Å²) in [5.74, 6) is -2.81. The van der Waals surface area contributed by atoms with Crippen molar-refractivity contribution >= 4 is 34.2 Å². The fourth-order valence-corrected chi connectivity index (χ4v) is 6.08. The van der Waals surface area contributed by atoms with Gasteiger partial charge in [-0.1, -0.05) is 33.6 Å². The van der Waals surface area contributed by atoms with E-state index in [1.807, 2.05) is 0 Å². The van der Waals surface area contributed by atoms with Crippen LogP contribution >= 0.6 is 11.3 Å². The Morgan fingerprint density at radius 3 is 2.40 bits per heavy atom. The molecule has 2 aliphatic rings. The molecule has 1 aromatic rings. The highest BCUT2D eigenvalue weighted by atomic mass is 32.1. The summed E-state index contributed by atoms with van der Waals surface area (Å²) in [6.07, 6.45) is 5.23. The number of carboxylic acids is 1. The SMILES string of the molecule is CCOC(=O)c1c(NC(=O)[C@@H]2CCCC[C@H]2C(=O)[O-])sc2c1CC[C@@H](C(C)(C)C)C2. The molecule has 1 aromatic heterocycles. The molecule has 0 spiro atoms. The molecule has 7 heteroatoms. The average Bonchev–Trinajstić information content (AvgIpc) is 3.04. The third kappa shape index (κ3) is 4.71. The first-order valence-corrected chi connectivity index (χ1v) is 11.8. The van der Waals surface area contributed by atoms with Crippen molar-refractivity contribution in [1.82, 2.24) is 0 Å². The van der Waals surface area contributed by atoms with Gasteiger partial charge in [-0.05, 0) is 55.9 Å². The van der Waals surface area contributed by atoms with Gasteiger partial charge in [0.2, 0.25) is 5.91 Å². The summed E-state index contributed by atoms with van der Waals surface area (Å²) in [6.45, 7) is 8.71. The molecule has 0 aromatic carbocycles. The Kier molecular flexibility index (Phi) is 6.90. The maximum absolute atomic E-state index is 13.0. The maximum atomic E-state index is 13.0. The van der Waals surface area contributed by atoms with Crippen LogP contribution in [0, 0.1) is 23.2 Å². The van der Waals surface area contributed by atoms with E-state index in [4.69, 9.17) is 4.74 Å². The van der Waals surface area contributed by atoms with Crippen molar-refractivity contribution in [2.75, 3.05) is 11.9 Å². The first-order chi connectivity index (χ1) is 14.1. The Bertz CT molecular complexity index is 822. The summed E-state index contributed by atoms with van der Waals surface area (Å²) in [6, 6.07) is 0. The third-order valence-corrected chi connectivity index (χ3v) is 7.78. The molecule has 1 fully saturated rings. The van der Waals surface area contributed by atoms with Crippen molar-refractivity contribution in [1.29, 1.82) is 0 Å². The molecule has 1 heterocycles. The first kappa shape index (κ1) is 22.8. The van der Waals surface area contributed by atoms with Crippen LogP contribution in [0.4, 0.5) is 5.00 Å². The molecule has 166 valence electrons. The van der Waals surface area contributed by atoms with E-state index in [0.717, 1.165) is 42.5 Å². The Hall–Kier alpha value is -1.89. The number of fused-ring (bicyclic) bond motifs is 1. The number of hydrogen-bond donors (Lipinski definition) is 1. The Morgan fingerprint density at radius 1 is 1.13 bits per heavy atom. The van der Waals surface area contributed by atoms with Gasteiger partial charge < -0.3 is 20.0 Å². The van der Waals surface area contributed by atoms with Crippen LogP contribution in [0.3, 0.4) is 0 Å². The molecule has 3 rings (SSSR count). The lowest BCUT2D eigenvalue weighted by molar-refractivity contribution is -0.313. The number of anilines is 1. The van der Waals surface area contributed by atoms with Crippen molar-refractivity contribution in [3.8, 4) is 0 Å². The fraction of sp³-hybridized carbons (Fsp3) is 0.696. The predicted molar refractivity (Wildman–Crippen MR) is 114 cm³/mol. The highest BCUT2D eigenvalue weighted by Crippen LogP contribution is 2.45. The Morgan fingerprint density at radius 2 is 1.80 bits per heavy atom. The van der Waals surface area contributed by atoms with E-state index in [2.05, 4.69) is 26.1 Å². The van der Waals surface area contributed by atoms with Gasteiger partial charge in [-0.15, -0.1) is 11.3 Å². The summed E-state index contributed by atoms with van der Waals surface area (Å²) in [5.41, 5.74) is 1.60. The molecule has 0 aliphatic heterocycles. The van der Waals surface area contributed by atoms with Crippen LogP contribution < -0.4 is 10.4 Å². The number of amides is 1. The highest BCUT2D eigenvalue weighted by molar-refractivity contribution is 7.17. The van der Waals surface area contributed by atoms with Gasteiger partial charge in [-0.2, -0.15) is 0 Å². The molecular formula is C23H32NO5S-. The van der Waals surface area contributed by atoms with Crippen molar-refractivity contribution < 1.29 is 24.2 Å². The normalized spacial score (nSPS) is 24.1. The van der Waals surface area contributed by atoms with Crippen LogP contribution in [0.5, 0.6) is 0 Å². The standard InChI is InChI=1S/C23H33NO5S/c1-5-29-22(28)18-16-11-10-13(23(2,3)4)12-17(16)30-20(18)24-19(25)14-8-6-7-9-15(14)21(26)27/h13-15H,5-12H2,1-4H3,(H,24,25)(H,26,27)/p-1/t13-,14-,15-/m1/s1. The summed E-state index contributed by atoms with van der Waals surface area (Å²) in [5, 5.41) is 14.9.